The first-order valence-electron chi connectivity index (χ1n) is 21.2. The molecule has 0 radical (unpaired) electrons. The van der Waals surface area contributed by atoms with E-state index in [0.29, 0.717) is 0 Å². The number of hydrogen-bond donors (Lipinski definition) is 0. The van der Waals surface area contributed by atoms with Gasteiger partial charge in [0.2, 0.25) is 0 Å². The largest absolute Gasteiger partial charge is 0.309 e. The van der Waals surface area contributed by atoms with Gasteiger partial charge in [0, 0.05) is 49.6 Å². The molecule has 3 nitrogen and oxygen atoms in total. The van der Waals surface area contributed by atoms with Gasteiger partial charge in [0.15, 0.2) is 0 Å². The van der Waals surface area contributed by atoms with Gasteiger partial charge in [-0.15, -0.1) is 0 Å². The van der Waals surface area contributed by atoms with Crippen molar-refractivity contribution in [3.8, 4) is 67.3 Å². The zero-order chi connectivity index (χ0) is 41.0. The van der Waals surface area contributed by atoms with Crippen molar-refractivity contribution in [1.29, 1.82) is 0 Å². The Kier molecular flexibility index (Phi) is 8.50. The number of nitrogens with zero attached hydrogens (tertiary/aromatic N) is 3. The first-order chi connectivity index (χ1) is 30.8. The number of aromatic nitrogens is 3. The summed E-state index contributed by atoms with van der Waals surface area (Å²) in [6.07, 6.45) is 0. The summed E-state index contributed by atoms with van der Waals surface area (Å²) < 4.78 is 4.84. The van der Waals surface area contributed by atoms with E-state index in [9.17, 15) is 0 Å². The summed E-state index contributed by atoms with van der Waals surface area (Å²) in [4.78, 5) is 5.32. The number of pyridine rings is 1. The topological polar surface area (TPSA) is 22.8 Å². The van der Waals surface area contributed by atoms with Gasteiger partial charge in [-0.25, -0.2) is 4.98 Å². The average Bonchev–Trinajstić information content (AvgIpc) is 3.87. The van der Waals surface area contributed by atoms with Crippen LogP contribution in [0.2, 0.25) is 0 Å². The molecule has 0 saturated carbocycles. The lowest BCUT2D eigenvalue weighted by Crippen LogP contribution is -1.97. The minimum absolute atomic E-state index is 0.946. The van der Waals surface area contributed by atoms with Gasteiger partial charge in [-0.1, -0.05) is 176 Å². The molecule has 0 fully saturated rings. The van der Waals surface area contributed by atoms with Crippen molar-refractivity contribution in [3.63, 3.8) is 0 Å². The summed E-state index contributed by atoms with van der Waals surface area (Å²) in [5, 5.41) is 4.92. The van der Waals surface area contributed by atoms with Crippen LogP contribution < -0.4 is 0 Å². The molecule has 3 heterocycles. The van der Waals surface area contributed by atoms with Crippen molar-refractivity contribution in [3.05, 3.63) is 237 Å². The van der Waals surface area contributed by atoms with E-state index in [1.165, 1.54) is 54.8 Å². The Morgan fingerprint density at radius 2 is 0.774 bits per heavy atom. The Hall–Kier alpha value is -8.27. The molecule has 0 unspecified atom stereocenters. The molecule has 9 aromatic carbocycles. The highest BCUT2D eigenvalue weighted by molar-refractivity contribution is 6.14. The third kappa shape index (κ3) is 5.94. The highest BCUT2D eigenvalue weighted by atomic mass is 15.0. The fourth-order valence-corrected chi connectivity index (χ4v) is 9.51. The van der Waals surface area contributed by atoms with Crippen molar-refractivity contribution >= 4 is 43.6 Å². The van der Waals surface area contributed by atoms with Crippen molar-refractivity contribution < 1.29 is 0 Å². The van der Waals surface area contributed by atoms with E-state index < -0.39 is 0 Å². The highest BCUT2D eigenvalue weighted by Gasteiger charge is 2.19. The van der Waals surface area contributed by atoms with Crippen molar-refractivity contribution in [2.45, 2.75) is 0 Å². The Morgan fingerprint density at radius 3 is 1.55 bits per heavy atom. The monoisotopic (exact) mass is 789 g/mol. The van der Waals surface area contributed by atoms with Crippen LogP contribution >= 0.6 is 0 Å². The zero-order valence-corrected chi connectivity index (χ0v) is 33.9. The Balaban J connectivity index is 1.01. The van der Waals surface area contributed by atoms with E-state index in [-0.39, 0.29) is 0 Å². The minimum atomic E-state index is 0.946. The van der Waals surface area contributed by atoms with Crippen molar-refractivity contribution in [2.75, 3.05) is 0 Å². The van der Waals surface area contributed by atoms with Gasteiger partial charge in [0.25, 0.3) is 0 Å². The van der Waals surface area contributed by atoms with E-state index in [2.05, 4.69) is 246 Å². The fourth-order valence-electron chi connectivity index (χ4n) is 9.51. The maximum Gasteiger partial charge on any atom is 0.0721 e. The van der Waals surface area contributed by atoms with E-state index in [4.69, 9.17) is 4.98 Å². The molecule has 0 N–H and O–H groups in total. The van der Waals surface area contributed by atoms with Crippen LogP contribution in [-0.4, -0.2) is 14.1 Å². The molecule has 0 aliphatic heterocycles. The Labute approximate surface area is 360 Å². The van der Waals surface area contributed by atoms with E-state index in [1.54, 1.807) is 0 Å². The third-order valence-electron chi connectivity index (χ3n) is 12.3. The van der Waals surface area contributed by atoms with Gasteiger partial charge in [0.1, 0.15) is 0 Å². The van der Waals surface area contributed by atoms with Crippen molar-refractivity contribution in [1.82, 2.24) is 14.1 Å². The van der Waals surface area contributed by atoms with Gasteiger partial charge in [0.05, 0.1) is 33.5 Å². The molecule has 0 aliphatic carbocycles. The number of benzene rings is 9. The quantitative estimate of drug-likeness (QED) is 0.158. The molecule has 0 saturated heterocycles. The molecule has 0 aliphatic rings. The normalized spacial score (nSPS) is 11.5. The molecule has 290 valence electrons. The van der Waals surface area contributed by atoms with Crippen LogP contribution in [0.5, 0.6) is 0 Å². The predicted molar refractivity (Wildman–Crippen MR) is 260 cm³/mol. The average molecular weight is 790 g/mol. The number of rotatable bonds is 7. The van der Waals surface area contributed by atoms with Crippen LogP contribution in [0.4, 0.5) is 0 Å². The maximum absolute atomic E-state index is 5.32. The van der Waals surface area contributed by atoms with Gasteiger partial charge < -0.3 is 9.13 Å². The zero-order valence-electron chi connectivity index (χ0n) is 33.9. The summed E-state index contributed by atoms with van der Waals surface area (Å²) >= 11 is 0. The second-order valence-electron chi connectivity index (χ2n) is 15.9. The molecule has 0 bridgehead atoms. The van der Waals surface area contributed by atoms with Gasteiger partial charge in [-0.05, 0) is 88.5 Å². The summed E-state index contributed by atoms with van der Waals surface area (Å²) in [5.74, 6) is 0. The van der Waals surface area contributed by atoms with E-state index >= 15 is 0 Å². The summed E-state index contributed by atoms with van der Waals surface area (Å²) in [7, 11) is 0. The second kappa shape index (κ2) is 14.8. The van der Waals surface area contributed by atoms with Gasteiger partial charge >= 0.3 is 0 Å². The number of hydrogen-bond acceptors (Lipinski definition) is 1. The maximum atomic E-state index is 5.32. The second-order valence-corrected chi connectivity index (χ2v) is 15.9. The van der Waals surface area contributed by atoms with Crippen LogP contribution in [-0.2, 0) is 0 Å². The molecule has 0 atom stereocenters. The lowest BCUT2D eigenvalue weighted by molar-refractivity contribution is 1.17. The lowest BCUT2D eigenvalue weighted by Gasteiger charge is -2.15. The van der Waals surface area contributed by atoms with Crippen LogP contribution in [0.1, 0.15) is 0 Å². The molecular formula is C59H39N3. The summed E-state index contributed by atoms with van der Waals surface area (Å²) in [6.45, 7) is 0. The SMILES string of the molecule is c1ccc(-c2cc(-c3ccccc3)nc(-c3ccccc3-c3ccc4c(c3)c3ccccc3n4-c3cccc(-c4cccc5c6ccccc6n(-c6ccccc6)c45)c3)c2)cc1. The van der Waals surface area contributed by atoms with Crippen LogP contribution in [0.25, 0.3) is 111 Å². The smallest absolute Gasteiger partial charge is 0.0721 e. The van der Waals surface area contributed by atoms with Crippen LogP contribution in [0, 0.1) is 0 Å². The molecule has 12 aromatic rings. The first kappa shape index (κ1) is 35.7. The molecular weight excluding hydrogens is 751 g/mol. The van der Waals surface area contributed by atoms with Crippen molar-refractivity contribution in [2.24, 2.45) is 0 Å². The fraction of sp³-hybridized carbons (Fsp3) is 0. The molecule has 62 heavy (non-hydrogen) atoms. The molecule has 12 rings (SSSR count). The summed E-state index contributed by atoms with van der Waals surface area (Å²) in [5.41, 5.74) is 18.1. The van der Waals surface area contributed by atoms with Crippen LogP contribution in [0.3, 0.4) is 0 Å². The third-order valence-corrected chi connectivity index (χ3v) is 12.3. The van der Waals surface area contributed by atoms with E-state index in [0.717, 1.165) is 56.1 Å². The molecule has 3 heteroatoms. The molecule has 0 amide bonds. The van der Waals surface area contributed by atoms with E-state index in [1.807, 2.05) is 0 Å². The standard InChI is InChI=1S/C59H39N3/c1-4-18-40(19-5-1)44-38-54(41-20-6-2-7-21-41)60-55(39-44)49-27-11-10-26-47(49)43-34-35-58-53(37-43)51-29-13-14-32-56(51)61(58)46-25-16-22-42(36-46)48-30-17-31-52-50-28-12-15-33-57(50)62(59(48)52)45-23-8-3-9-24-45/h1-39H. The Bertz CT molecular complexity index is 3560. The predicted octanol–water partition coefficient (Wildman–Crippen LogP) is 15.6. The van der Waals surface area contributed by atoms with Gasteiger partial charge in [-0.2, -0.15) is 0 Å². The summed E-state index contributed by atoms with van der Waals surface area (Å²) in [6, 6.07) is 85.2. The number of fused-ring (bicyclic) bond motifs is 6. The van der Waals surface area contributed by atoms with Gasteiger partial charge in [-0.3, -0.25) is 0 Å². The highest BCUT2D eigenvalue weighted by Crippen LogP contribution is 2.42. The first-order valence-corrected chi connectivity index (χ1v) is 21.2. The minimum Gasteiger partial charge on any atom is -0.309 e. The number of para-hydroxylation sites is 4. The molecule has 0 spiro atoms. The van der Waals surface area contributed by atoms with Crippen LogP contribution in [0.15, 0.2) is 237 Å². The molecule has 3 aromatic heterocycles. The Morgan fingerprint density at radius 1 is 0.258 bits per heavy atom. The lowest BCUT2D eigenvalue weighted by atomic mass is 9.94.